The molecule has 0 amide bonds. The maximum atomic E-state index is 4.44. The van der Waals surface area contributed by atoms with Gasteiger partial charge in [0.2, 0.25) is 0 Å². The summed E-state index contributed by atoms with van der Waals surface area (Å²) in [6, 6.07) is 10.5. The first-order valence-electron chi connectivity index (χ1n) is 7.66. The van der Waals surface area contributed by atoms with Crippen molar-refractivity contribution in [2.45, 2.75) is 38.8 Å². The Bertz CT molecular complexity index is 512. The van der Waals surface area contributed by atoms with E-state index in [1.807, 2.05) is 16.9 Å². The maximum Gasteiger partial charge on any atom is 0.0659 e. The number of nitrogens with zero attached hydrogens (tertiary/aromatic N) is 2. The van der Waals surface area contributed by atoms with Gasteiger partial charge in [-0.05, 0) is 30.9 Å². The molecule has 0 aliphatic heterocycles. The average Bonchev–Trinajstić information content (AvgIpc) is 3.12. The van der Waals surface area contributed by atoms with Crippen molar-refractivity contribution < 1.29 is 0 Å². The van der Waals surface area contributed by atoms with Crippen LogP contribution in [0.1, 0.15) is 36.8 Å². The van der Waals surface area contributed by atoms with Crippen LogP contribution >= 0.6 is 0 Å². The predicted molar refractivity (Wildman–Crippen MR) is 81.4 cm³/mol. The quantitative estimate of drug-likeness (QED) is 0.872. The molecule has 1 aliphatic carbocycles. The highest BCUT2D eigenvalue weighted by atomic mass is 15.3. The molecule has 0 saturated heterocycles. The largest absolute Gasteiger partial charge is 0.312 e. The Balaban J connectivity index is 1.46. The van der Waals surface area contributed by atoms with Crippen LogP contribution in [0.3, 0.4) is 0 Å². The van der Waals surface area contributed by atoms with E-state index >= 15 is 0 Å². The first kappa shape index (κ1) is 13.4. The second-order valence-corrected chi connectivity index (χ2v) is 5.81. The van der Waals surface area contributed by atoms with Crippen LogP contribution in [0, 0.1) is 5.92 Å². The normalized spacial score (nSPS) is 15.8. The van der Waals surface area contributed by atoms with Crippen molar-refractivity contribution in [2.75, 3.05) is 6.54 Å². The van der Waals surface area contributed by atoms with Gasteiger partial charge in [-0.15, -0.1) is 0 Å². The highest BCUT2D eigenvalue weighted by Gasteiger charge is 2.14. The lowest BCUT2D eigenvalue weighted by molar-refractivity contribution is 0.489. The number of hydrogen-bond donors (Lipinski definition) is 1. The van der Waals surface area contributed by atoms with Crippen LogP contribution in [-0.4, -0.2) is 16.3 Å². The summed E-state index contributed by atoms with van der Waals surface area (Å²) in [7, 11) is 0. The summed E-state index contributed by atoms with van der Waals surface area (Å²) in [5.41, 5.74) is 2.57. The third-order valence-corrected chi connectivity index (χ3v) is 4.11. The lowest BCUT2D eigenvalue weighted by Crippen LogP contribution is -2.20. The average molecular weight is 269 g/mol. The van der Waals surface area contributed by atoms with Crippen LogP contribution in [0.2, 0.25) is 0 Å². The first-order valence-corrected chi connectivity index (χ1v) is 7.66. The van der Waals surface area contributed by atoms with Crippen LogP contribution in [0.4, 0.5) is 0 Å². The van der Waals surface area contributed by atoms with E-state index in [2.05, 4.69) is 40.9 Å². The van der Waals surface area contributed by atoms with Gasteiger partial charge in [0, 0.05) is 18.3 Å². The molecule has 3 rings (SSSR count). The Morgan fingerprint density at radius 3 is 2.70 bits per heavy atom. The fourth-order valence-corrected chi connectivity index (χ4v) is 2.99. The Morgan fingerprint density at radius 1 is 1.10 bits per heavy atom. The summed E-state index contributed by atoms with van der Waals surface area (Å²) in [6.07, 6.45) is 9.77. The van der Waals surface area contributed by atoms with Gasteiger partial charge in [0.15, 0.2) is 0 Å². The topological polar surface area (TPSA) is 29.9 Å². The third kappa shape index (κ3) is 3.70. The van der Waals surface area contributed by atoms with E-state index in [0.29, 0.717) is 0 Å². The summed E-state index contributed by atoms with van der Waals surface area (Å²) in [6.45, 7) is 2.94. The predicted octanol–water partition coefficient (Wildman–Crippen LogP) is 3.21. The second kappa shape index (κ2) is 6.71. The molecule has 1 fully saturated rings. The van der Waals surface area contributed by atoms with Gasteiger partial charge < -0.3 is 5.32 Å². The molecule has 2 aromatic rings. The number of aromatic nitrogens is 2. The monoisotopic (exact) mass is 269 g/mol. The Kier molecular flexibility index (Phi) is 4.49. The maximum absolute atomic E-state index is 4.44. The molecule has 1 aromatic carbocycles. The molecule has 0 atom stereocenters. The molecule has 1 saturated carbocycles. The molecule has 0 spiro atoms. The number of rotatable bonds is 6. The molecule has 20 heavy (non-hydrogen) atoms. The molecule has 3 heteroatoms. The summed E-state index contributed by atoms with van der Waals surface area (Å²) in [5, 5.41) is 8.01. The van der Waals surface area contributed by atoms with E-state index in [-0.39, 0.29) is 0 Å². The van der Waals surface area contributed by atoms with Gasteiger partial charge in [-0.3, -0.25) is 4.68 Å². The van der Waals surface area contributed by atoms with E-state index in [1.54, 1.807) is 0 Å². The molecule has 3 nitrogen and oxygen atoms in total. The van der Waals surface area contributed by atoms with Crippen LogP contribution < -0.4 is 5.32 Å². The molecular formula is C17H23N3. The fraction of sp³-hybridized carbons (Fsp3) is 0.471. The van der Waals surface area contributed by atoms with Gasteiger partial charge in [-0.2, -0.15) is 5.10 Å². The van der Waals surface area contributed by atoms with Gasteiger partial charge in [0.25, 0.3) is 0 Å². The fourth-order valence-electron chi connectivity index (χ4n) is 2.99. The van der Waals surface area contributed by atoms with Crippen molar-refractivity contribution in [2.24, 2.45) is 5.92 Å². The minimum Gasteiger partial charge on any atom is -0.312 e. The van der Waals surface area contributed by atoms with Gasteiger partial charge in [-0.25, -0.2) is 0 Å². The zero-order chi connectivity index (χ0) is 13.6. The number of nitrogens with one attached hydrogen (secondary N) is 1. The van der Waals surface area contributed by atoms with Crippen molar-refractivity contribution in [3.8, 4) is 0 Å². The summed E-state index contributed by atoms with van der Waals surface area (Å²) in [4.78, 5) is 0. The van der Waals surface area contributed by atoms with E-state index in [1.165, 1.54) is 36.8 Å². The minimum absolute atomic E-state index is 0.851. The Hall–Kier alpha value is -1.61. The molecular weight excluding hydrogens is 246 g/mol. The molecule has 1 N–H and O–H groups in total. The zero-order valence-electron chi connectivity index (χ0n) is 12.0. The highest BCUT2D eigenvalue weighted by molar-refractivity contribution is 5.15. The van der Waals surface area contributed by atoms with E-state index in [9.17, 15) is 0 Å². The smallest absolute Gasteiger partial charge is 0.0659 e. The van der Waals surface area contributed by atoms with Gasteiger partial charge in [0.1, 0.15) is 0 Å². The SMILES string of the molecule is c1ccc(Cn2cc(CNCC3CCCC3)cn2)cc1. The van der Waals surface area contributed by atoms with Crippen molar-refractivity contribution in [1.29, 1.82) is 0 Å². The standard InChI is InChI=1S/C17H23N3/c1-2-8-16(9-3-1)13-20-14-17(12-19-20)11-18-10-15-6-4-5-7-15/h1-3,8-9,12,14-15,18H,4-7,10-11,13H2. The van der Waals surface area contributed by atoms with Gasteiger partial charge >= 0.3 is 0 Å². The minimum atomic E-state index is 0.851. The lowest BCUT2D eigenvalue weighted by atomic mass is 10.1. The van der Waals surface area contributed by atoms with Crippen LogP contribution in [0.5, 0.6) is 0 Å². The third-order valence-electron chi connectivity index (χ3n) is 4.11. The molecule has 1 aromatic heterocycles. The van der Waals surface area contributed by atoms with Crippen molar-refractivity contribution in [3.05, 3.63) is 53.9 Å². The molecule has 0 radical (unpaired) electrons. The summed E-state index contributed by atoms with van der Waals surface area (Å²) >= 11 is 0. The Labute approximate surface area is 121 Å². The van der Waals surface area contributed by atoms with E-state index < -0.39 is 0 Å². The lowest BCUT2D eigenvalue weighted by Gasteiger charge is -2.09. The Morgan fingerprint density at radius 2 is 1.90 bits per heavy atom. The summed E-state index contributed by atoms with van der Waals surface area (Å²) in [5.74, 6) is 0.898. The van der Waals surface area contributed by atoms with E-state index in [4.69, 9.17) is 0 Å². The van der Waals surface area contributed by atoms with Crippen molar-refractivity contribution >= 4 is 0 Å². The number of hydrogen-bond acceptors (Lipinski definition) is 2. The van der Waals surface area contributed by atoms with Crippen LogP contribution in [0.25, 0.3) is 0 Å². The molecule has 1 heterocycles. The highest BCUT2D eigenvalue weighted by Crippen LogP contribution is 2.23. The number of benzene rings is 1. The van der Waals surface area contributed by atoms with Gasteiger partial charge in [-0.1, -0.05) is 43.2 Å². The molecule has 1 aliphatic rings. The molecule has 0 unspecified atom stereocenters. The first-order chi connectivity index (χ1) is 9.90. The van der Waals surface area contributed by atoms with Crippen molar-refractivity contribution in [3.63, 3.8) is 0 Å². The van der Waals surface area contributed by atoms with Crippen LogP contribution in [-0.2, 0) is 13.1 Å². The second-order valence-electron chi connectivity index (χ2n) is 5.81. The van der Waals surface area contributed by atoms with E-state index in [0.717, 1.165) is 25.6 Å². The van der Waals surface area contributed by atoms with Gasteiger partial charge in [0.05, 0.1) is 12.7 Å². The molecule has 106 valence electrons. The molecule has 0 bridgehead atoms. The zero-order valence-corrected chi connectivity index (χ0v) is 12.0. The van der Waals surface area contributed by atoms with Crippen molar-refractivity contribution in [1.82, 2.24) is 15.1 Å². The van der Waals surface area contributed by atoms with Crippen LogP contribution in [0.15, 0.2) is 42.7 Å². The summed E-state index contributed by atoms with van der Waals surface area (Å²) < 4.78 is 2.02.